The summed E-state index contributed by atoms with van der Waals surface area (Å²) in [4.78, 5) is 13.4. The second-order valence-corrected chi connectivity index (χ2v) is 6.56. The molecule has 118 valence electrons. The van der Waals surface area contributed by atoms with Gasteiger partial charge < -0.3 is 10.1 Å². The Hall–Kier alpha value is -1.93. The summed E-state index contributed by atoms with van der Waals surface area (Å²) in [6.45, 7) is 0. The molecule has 2 heterocycles. The van der Waals surface area contributed by atoms with E-state index >= 15 is 0 Å². The number of hydrogen-bond donors (Lipinski definition) is 0. The zero-order valence-electron chi connectivity index (χ0n) is 12.1. The molecule has 0 saturated carbocycles. The maximum atomic E-state index is 12.0. The van der Waals surface area contributed by atoms with E-state index in [1.54, 1.807) is 31.6 Å². The molecule has 0 fully saturated rings. The number of rotatable bonds is 5. The fourth-order valence-electron chi connectivity index (χ4n) is 1.81. The van der Waals surface area contributed by atoms with Crippen molar-refractivity contribution in [1.29, 1.82) is 0 Å². The summed E-state index contributed by atoms with van der Waals surface area (Å²) in [5.74, 6) is 0.0904. The number of aromatic nitrogens is 3. The van der Waals surface area contributed by atoms with Crippen molar-refractivity contribution in [1.82, 2.24) is 9.78 Å². The van der Waals surface area contributed by atoms with Gasteiger partial charge in [-0.05, 0) is 6.07 Å². The summed E-state index contributed by atoms with van der Waals surface area (Å²) >= 11 is 6.07. The van der Waals surface area contributed by atoms with Crippen molar-refractivity contribution >= 4 is 34.0 Å². The fourth-order valence-corrected chi connectivity index (χ4v) is 2.53. The monoisotopic (exact) mass is 342 g/mol. The van der Waals surface area contributed by atoms with Gasteiger partial charge in [0.25, 0.3) is 0 Å². The van der Waals surface area contributed by atoms with Crippen LogP contribution in [0.25, 0.3) is 5.69 Å². The number of carbonyl (C=O) groups excluding carboxylic acids is 1. The van der Waals surface area contributed by atoms with E-state index in [1.807, 2.05) is 0 Å². The number of halogens is 1. The van der Waals surface area contributed by atoms with Gasteiger partial charge in [0, 0.05) is 42.3 Å². The zero-order valence-corrected chi connectivity index (χ0v) is 13.7. The molecule has 22 heavy (non-hydrogen) atoms. The normalized spacial score (nSPS) is 12.1. The molecular formula is C13H15ClN4O3S. The molecule has 0 spiro atoms. The Labute approximate surface area is 135 Å². The summed E-state index contributed by atoms with van der Waals surface area (Å²) in [5, 5.41) is 15.5. The van der Waals surface area contributed by atoms with Crippen molar-refractivity contribution < 1.29 is 13.7 Å². The standard InChI is InChI=1S/C13H15ClN4O3S/c1-16(12(19)5-7-22(2)21)11-9-18(15-13(11)14)10-4-3-6-17(20)8-10/h3-4,6,8-9H,5,7H2,1-2H3. The SMILES string of the molecule is CN(C(=O)CCS(C)=O)c1cn(-c2ccc[n+]([O-])c2)nc1Cl. The van der Waals surface area contributed by atoms with E-state index < -0.39 is 10.8 Å². The summed E-state index contributed by atoms with van der Waals surface area (Å²) in [6.07, 6.45) is 5.97. The van der Waals surface area contributed by atoms with Crippen molar-refractivity contribution in [3.63, 3.8) is 0 Å². The lowest BCUT2D eigenvalue weighted by molar-refractivity contribution is -0.605. The van der Waals surface area contributed by atoms with Crippen LogP contribution in [0.5, 0.6) is 0 Å². The third kappa shape index (κ3) is 3.83. The number of hydrogen-bond acceptors (Lipinski definition) is 4. The zero-order chi connectivity index (χ0) is 16.3. The number of carbonyl (C=O) groups is 1. The first-order valence-electron chi connectivity index (χ1n) is 6.39. The number of anilines is 1. The molecule has 0 N–H and O–H groups in total. The van der Waals surface area contributed by atoms with Crippen LogP contribution < -0.4 is 9.63 Å². The molecule has 0 aliphatic heterocycles. The fraction of sp³-hybridized carbons (Fsp3) is 0.308. The lowest BCUT2D eigenvalue weighted by atomic mass is 10.4. The average Bonchev–Trinajstić information content (AvgIpc) is 2.86. The minimum atomic E-state index is -1.03. The predicted octanol–water partition coefficient (Wildman–Crippen LogP) is 0.890. The molecule has 1 unspecified atom stereocenters. The number of amides is 1. The van der Waals surface area contributed by atoms with Gasteiger partial charge in [-0.15, -0.1) is 0 Å². The van der Waals surface area contributed by atoms with Crippen molar-refractivity contribution in [2.75, 3.05) is 24.0 Å². The number of nitrogens with zero attached hydrogens (tertiary/aromatic N) is 4. The van der Waals surface area contributed by atoms with Crippen LogP contribution in [0.4, 0.5) is 5.69 Å². The van der Waals surface area contributed by atoms with E-state index in [1.165, 1.54) is 22.0 Å². The van der Waals surface area contributed by atoms with Crippen LogP contribution >= 0.6 is 11.6 Å². The van der Waals surface area contributed by atoms with E-state index in [2.05, 4.69) is 5.10 Å². The Bertz CT molecular complexity index is 719. The molecule has 7 nitrogen and oxygen atoms in total. The second kappa shape index (κ2) is 6.89. The van der Waals surface area contributed by atoms with Crippen molar-refractivity contribution in [2.45, 2.75) is 6.42 Å². The van der Waals surface area contributed by atoms with Gasteiger partial charge in [-0.1, -0.05) is 11.6 Å². The minimum Gasteiger partial charge on any atom is -0.619 e. The van der Waals surface area contributed by atoms with Gasteiger partial charge in [0.2, 0.25) is 12.1 Å². The van der Waals surface area contributed by atoms with E-state index in [9.17, 15) is 14.2 Å². The Kier molecular flexibility index (Phi) is 5.15. The van der Waals surface area contributed by atoms with Crippen LogP contribution in [0.15, 0.2) is 30.7 Å². The van der Waals surface area contributed by atoms with E-state index in [0.717, 1.165) is 0 Å². The molecule has 0 aromatic carbocycles. The van der Waals surface area contributed by atoms with Crippen molar-refractivity contribution in [2.24, 2.45) is 0 Å². The van der Waals surface area contributed by atoms with E-state index in [-0.39, 0.29) is 17.5 Å². The summed E-state index contributed by atoms with van der Waals surface area (Å²) < 4.78 is 13.1. The largest absolute Gasteiger partial charge is 0.619 e. The molecule has 0 aliphatic carbocycles. The van der Waals surface area contributed by atoms with Crippen molar-refractivity contribution in [3.8, 4) is 5.69 Å². The molecule has 2 aromatic heterocycles. The Morgan fingerprint density at radius 2 is 2.32 bits per heavy atom. The highest BCUT2D eigenvalue weighted by molar-refractivity contribution is 7.84. The van der Waals surface area contributed by atoms with Gasteiger partial charge >= 0.3 is 0 Å². The predicted molar refractivity (Wildman–Crippen MR) is 84.5 cm³/mol. The van der Waals surface area contributed by atoms with Crippen molar-refractivity contribution in [3.05, 3.63) is 41.1 Å². The molecular weight excluding hydrogens is 328 g/mol. The smallest absolute Gasteiger partial charge is 0.227 e. The average molecular weight is 343 g/mol. The van der Waals surface area contributed by atoms with Crippen LogP contribution in [0, 0.1) is 5.21 Å². The molecule has 0 aliphatic rings. The third-order valence-corrected chi connectivity index (χ3v) is 4.06. The maximum absolute atomic E-state index is 12.0. The maximum Gasteiger partial charge on any atom is 0.227 e. The lowest BCUT2D eigenvalue weighted by Gasteiger charge is -2.14. The molecule has 1 atom stereocenters. The molecule has 2 rings (SSSR count). The van der Waals surface area contributed by atoms with Crippen LogP contribution in [-0.2, 0) is 15.6 Å². The van der Waals surface area contributed by atoms with E-state index in [4.69, 9.17) is 11.6 Å². The van der Waals surface area contributed by atoms with Gasteiger partial charge in [0.1, 0.15) is 11.4 Å². The molecule has 0 radical (unpaired) electrons. The first-order valence-corrected chi connectivity index (χ1v) is 8.50. The quantitative estimate of drug-likeness (QED) is 0.597. The van der Waals surface area contributed by atoms with Gasteiger partial charge in [-0.2, -0.15) is 9.83 Å². The highest BCUT2D eigenvalue weighted by Gasteiger charge is 2.18. The Balaban J connectivity index is 2.22. The molecule has 1 amide bonds. The lowest BCUT2D eigenvalue weighted by Crippen LogP contribution is -2.27. The topological polar surface area (TPSA) is 82.1 Å². The van der Waals surface area contributed by atoms with Crippen LogP contribution in [0.3, 0.4) is 0 Å². The molecule has 0 saturated heterocycles. The molecule has 9 heteroatoms. The molecule has 0 bridgehead atoms. The van der Waals surface area contributed by atoms with Gasteiger partial charge in [-0.25, -0.2) is 4.68 Å². The van der Waals surface area contributed by atoms with E-state index in [0.29, 0.717) is 21.9 Å². The van der Waals surface area contributed by atoms with Crippen LogP contribution in [-0.4, -0.2) is 39.0 Å². The van der Waals surface area contributed by atoms with Crippen LogP contribution in [0.1, 0.15) is 6.42 Å². The van der Waals surface area contributed by atoms with Gasteiger partial charge in [-0.3, -0.25) is 9.00 Å². The molecule has 2 aromatic rings. The minimum absolute atomic E-state index is 0.148. The third-order valence-electron chi connectivity index (χ3n) is 3.01. The highest BCUT2D eigenvalue weighted by Crippen LogP contribution is 2.25. The van der Waals surface area contributed by atoms with Gasteiger partial charge in [0.15, 0.2) is 11.3 Å². The second-order valence-electron chi connectivity index (χ2n) is 4.65. The Morgan fingerprint density at radius 3 is 2.95 bits per heavy atom. The van der Waals surface area contributed by atoms with Gasteiger partial charge in [0.05, 0.1) is 6.20 Å². The summed E-state index contributed by atoms with van der Waals surface area (Å²) in [7, 11) is 0.546. The summed E-state index contributed by atoms with van der Waals surface area (Å²) in [6, 6.07) is 3.28. The summed E-state index contributed by atoms with van der Waals surface area (Å²) in [5.41, 5.74) is 0.955. The van der Waals surface area contributed by atoms with Crippen LogP contribution in [0.2, 0.25) is 5.15 Å². The Morgan fingerprint density at radius 1 is 1.59 bits per heavy atom. The first kappa shape index (κ1) is 16.4. The first-order chi connectivity index (χ1) is 10.4. The highest BCUT2D eigenvalue weighted by atomic mass is 35.5. The number of pyridine rings is 1.